The van der Waals surface area contributed by atoms with E-state index in [9.17, 15) is 9.90 Å². The molecule has 0 unspecified atom stereocenters. The molecule has 1 rings (SSSR count). The first kappa shape index (κ1) is 11.1. The normalized spacial score (nSPS) is 8.36. The van der Waals surface area contributed by atoms with Gasteiger partial charge < -0.3 is 15.6 Å². The van der Waals surface area contributed by atoms with Crippen molar-refractivity contribution >= 4 is 11.8 Å². The smallest absolute Gasteiger partial charge is 0.545 e. The van der Waals surface area contributed by atoms with Gasteiger partial charge in [-0.05, 0) is 12.1 Å². The molecular formula is C6H5KN2O2. The molecule has 1 heterocycles. The second kappa shape index (κ2) is 4.84. The van der Waals surface area contributed by atoms with Gasteiger partial charge in [-0.2, -0.15) is 0 Å². The molecule has 5 heteroatoms. The van der Waals surface area contributed by atoms with Crippen molar-refractivity contribution in [3.63, 3.8) is 0 Å². The van der Waals surface area contributed by atoms with Crippen LogP contribution in [0.1, 0.15) is 10.4 Å². The van der Waals surface area contributed by atoms with Crippen LogP contribution in [0.4, 0.5) is 5.82 Å². The Morgan fingerprint density at radius 2 is 2.18 bits per heavy atom. The van der Waals surface area contributed by atoms with E-state index in [0.717, 1.165) is 6.20 Å². The van der Waals surface area contributed by atoms with Gasteiger partial charge in [0.2, 0.25) is 0 Å². The third-order valence-corrected chi connectivity index (χ3v) is 1.02. The first-order chi connectivity index (χ1) is 4.70. The Kier molecular flexibility index (Phi) is 4.86. The molecule has 4 nitrogen and oxygen atoms in total. The number of hydrogen-bond acceptors (Lipinski definition) is 4. The van der Waals surface area contributed by atoms with Crippen LogP contribution < -0.4 is 62.2 Å². The minimum absolute atomic E-state index is 0. The SMILES string of the molecule is Nc1ccc(C(=O)[O-])cn1.[K+]. The van der Waals surface area contributed by atoms with Gasteiger partial charge in [0, 0.05) is 11.8 Å². The average Bonchev–Trinajstić information content (AvgIpc) is 1.88. The van der Waals surface area contributed by atoms with Crippen molar-refractivity contribution in [3.8, 4) is 0 Å². The molecule has 0 radical (unpaired) electrons. The summed E-state index contributed by atoms with van der Waals surface area (Å²) < 4.78 is 0. The van der Waals surface area contributed by atoms with Crippen molar-refractivity contribution in [3.05, 3.63) is 23.9 Å². The number of nitrogens with two attached hydrogens (primary N) is 1. The number of aromatic carboxylic acids is 1. The van der Waals surface area contributed by atoms with E-state index in [1.807, 2.05) is 0 Å². The van der Waals surface area contributed by atoms with Gasteiger partial charge in [0.1, 0.15) is 5.82 Å². The molecule has 2 N–H and O–H groups in total. The number of pyridine rings is 1. The predicted molar refractivity (Wildman–Crippen MR) is 33.0 cm³/mol. The van der Waals surface area contributed by atoms with Crippen molar-refractivity contribution in [1.29, 1.82) is 0 Å². The molecule has 0 aliphatic carbocycles. The molecule has 0 atom stereocenters. The Labute approximate surface area is 106 Å². The van der Waals surface area contributed by atoms with Crippen LogP contribution in [-0.2, 0) is 0 Å². The summed E-state index contributed by atoms with van der Waals surface area (Å²) in [5, 5.41) is 10.1. The number of nitrogen functional groups attached to an aromatic ring is 1. The Morgan fingerprint density at radius 1 is 1.55 bits per heavy atom. The summed E-state index contributed by atoms with van der Waals surface area (Å²) in [6.45, 7) is 0. The molecule has 0 aromatic carbocycles. The topological polar surface area (TPSA) is 79.0 Å². The van der Waals surface area contributed by atoms with E-state index in [0.29, 0.717) is 5.82 Å². The second-order valence-electron chi connectivity index (χ2n) is 1.76. The molecule has 0 aliphatic heterocycles. The van der Waals surface area contributed by atoms with Crippen LogP contribution >= 0.6 is 0 Å². The minimum atomic E-state index is -1.24. The number of rotatable bonds is 1. The van der Waals surface area contributed by atoms with Crippen LogP contribution in [-0.4, -0.2) is 11.0 Å². The van der Waals surface area contributed by atoms with Gasteiger partial charge >= 0.3 is 51.4 Å². The minimum Gasteiger partial charge on any atom is -0.545 e. The fourth-order valence-electron chi connectivity index (χ4n) is 0.526. The maximum Gasteiger partial charge on any atom is 1.00 e. The molecule has 0 bridgehead atoms. The average molecular weight is 176 g/mol. The van der Waals surface area contributed by atoms with Crippen LogP contribution in [0.3, 0.4) is 0 Å². The fraction of sp³-hybridized carbons (Fsp3) is 0. The van der Waals surface area contributed by atoms with Crippen molar-refractivity contribution in [2.45, 2.75) is 0 Å². The number of hydrogen-bond donors (Lipinski definition) is 1. The Morgan fingerprint density at radius 3 is 2.55 bits per heavy atom. The number of aromatic nitrogens is 1. The van der Waals surface area contributed by atoms with Crippen LogP contribution in [0.15, 0.2) is 18.3 Å². The van der Waals surface area contributed by atoms with E-state index in [-0.39, 0.29) is 56.9 Å². The van der Waals surface area contributed by atoms with E-state index >= 15 is 0 Å². The first-order valence-corrected chi connectivity index (χ1v) is 2.63. The third-order valence-electron chi connectivity index (χ3n) is 1.02. The summed E-state index contributed by atoms with van der Waals surface area (Å²) in [6.07, 6.45) is 1.16. The van der Waals surface area contributed by atoms with Crippen LogP contribution in [0.2, 0.25) is 0 Å². The van der Waals surface area contributed by atoms with Gasteiger partial charge in [-0.15, -0.1) is 0 Å². The number of carboxylic acid groups (broad SMARTS) is 1. The fourth-order valence-corrected chi connectivity index (χ4v) is 0.526. The van der Waals surface area contributed by atoms with E-state index < -0.39 is 5.97 Å². The third kappa shape index (κ3) is 3.30. The Hall–Kier alpha value is 0.0564. The monoisotopic (exact) mass is 176 g/mol. The molecule has 0 saturated heterocycles. The maximum atomic E-state index is 10.1. The number of carbonyl (C=O) groups is 1. The molecule has 0 aliphatic rings. The van der Waals surface area contributed by atoms with Crippen LogP contribution in [0.25, 0.3) is 0 Å². The molecule has 1 aromatic heterocycles. The van der Waals surface area contributed by atoms with E-state index in [1.54, 1.807) is 0 Å². The van der Waals surface area contributed by atoms with Gasteiger partial charge in [0.25, 0.3) is 0 Å². The second-order valence-corrected chi connectivity index (χ2v) is 1.76. The predicted octanol–water partition coefficient (Wildman–Crippen LogP) is -3.97. The van der Waals surface area contributed by atoms with Gasteiger partial charge in [0.15, 0.2) is 0 Å². The zero-order valence-electron chi connectivity index (χ0n) is 6.07. The molecular weight excluding hydrogens is 171 g/mol. The van der Waals surface area contributed by atoms with Gasteiger partial charge in [0.05, 0.1) is 5.97 Å². The van der Waals surface area contributed by atoms with Crippen molar-refractivity contribution in [1.82, 2.24) is 4.98 Å². The molecule has 0 saturated carbocycles. The quantitative estimate of drug-likeness (QED) is 0.443. The van der Waals surface area contributed by atoms with Crippen molar-refractivity contribution in [2.24, 2.45) is 0 Å². The van der Waals surface area contributed by atoms with E-state index in [2.05, 4.69) is 4.98 Å². The van der Waals surface area contributed by atoms with Gasteiger partial charge in [-0.1, -0.05) is 0 Å². The summed E-state index contributed by atoms with van der Waals surface area (Å²) >= 11 is 0. The van der Waals surface area contributed by atoms with Crippen molar-refractivity contribution in [2.75, 3.05) is 5.73 Å². The Balaban J connectivity index is 0.000001000. The van der Waals surface area contributed by atoms with Gasteiger partial charge in [-0.25, -0.2) is 4.98 Å². The zero-order chi connectivity index (χ0) is 7.56. The van der Waals surface area contributed by atoms with E-state index in [4.69, 9.17) is 5.73 Å². The van der Waals surface area contributed by atoms with E-state index in [1.165, 1.54) is 12.1 Å². The standard InChI is InChI=1S/C6H6N2O2.K/c7-5-2-1-4(3-8-5)6(9)10;/h1-3H,(H2,7,8)(H,9,10);/q;+1/p-1. The maximum absolute atomic E-state index is 10.1. The summed E-state index contributed by atoms with van der Waals surface area (Å²) in [7, 11) is 0. The first-order valence-electron chi connectivity index (χ1n) is 2.63. The largest absolute Gasteiger partial charge is 1.00 e. The van der Waals surface area contributed by atoms with Crippen LogP contribution in [0.5, 0.6) is 0 Å². The summed E-state index contributed by atoms with van der Waals surface area (Å²) in [4.78, 5) is 13.7. The zero-order valence-corrected chi connectivity index (χ0v) is 9.20. The number of nitrogens with zero attached hydrogens (tertiary/aromatic N) is 1. The van der Waals surface area contributed by atoms with Crippen LogP contribution in [0, 0.1) is 0 Å². The summed E-state index contributed by atoms with van der Waals surface area (Å²) in [6, 6.07) is 2.75. The number of carbonyl (C=O) groups excluding carboxylic acids is 1. The molecule has 0 amide bonds. The summed E-state index contributed by atoms with van der Waals surface area (Å²) in [5.41, 5.74) is 5.24. The molecule has 11 heavy (non-hydrogen) atoms. The van der Waals surface area contributed by atoms with Crippen molar-refractivity contribution < 1.29 is 61.3 Å². The molecule has 0 fully saturated rings. The Bertz CT molecular complexity index is 247. The number of carboxylic acids is 1. The van der Waals surface area contributed by atoms with Gasteiger partial charge in [-0.3, -0.25) is 0 Å². The molecule has 52 valence electrons. The molecule has 0 spiro atoms. The number of anilines is 1. The summed E-state index contributed by atoms with van der Waals surface area (Å²) in [5.74, 6) is -0.947. The molecule has 1 aromatic rings.